The van der Waals surface area contributed by atoms with E-state index in [-0.39, 0.29) is 18.4 Å². The maximum atomic E-state index is 12.5. The third-order valence-corrected chi connectivity index (χ3v) is 5.31. The molecule has 2 amide bonds. The van der Waals surface area contributed by atoms with Crippen molar-refractivity contribution < 1.29 is 28.9 Å². The molecule has 0 aliphatic carbocycles. The van der Waals surface area contributed by atoms with Crippen LogP contribution in [0.1, 0.15) is 47.4 Å². The van der Waals surface area contributed by atoms with Crippen molar-refractivity contribution in [2.75, 3.05) is 6.54 Å². The maximum Gasteiger partial charge on any atom is 0.261 e. The summed E-state index contributed by atoms with van der Waals surface area (Å²) in [5.41, 5.74) is 0.783. The first-order valence-corrected chi connectivity index (χ1v) is 8.64. The van der Waals surface area contributed by atoms with Crippen LogP contribution in [0, 0.1) is 0 Å². The minimum atomic E-state index is -1.13. The lowest BCUT2D eigenvalue weighted by Crippen LogP contribution is -2.43. The number of ether oxygens (including phenoxy) is 3. The van der Waals surface area contributed by atoms with E-state index in [1.807, 2.05) is 13.8 Å². The van der Waals surface area contributed by atoms with Gasteiger partial charge in [-0.15, -0.1) is 0 Å². The summed E-state index contributed by atoms with van der Waals surface area (Å²) in [4.78, 5) is 26.2. The summed E-state index contributed by atoms with van der Waals surface area (Å²) < 4.78 is 17.5. The van der Waals surface area contributed by atoms with Crippen molar-refractivity contribution in [2.45, 2.75) is 57.1 Å². The minimum Gasteiger partial charge on any atom is -0.366 e. The van der Waals surface area contributed by atoms with E-state index in [1.54, 1.807) is 24.3 Å². The largest absolute Gasteiger partial charge is 0.366 e. The molecule has 134 valence electrons. The Morgan fingerprint density at radius 2 is 1.60 bits per heavy atom. The molecule has 3 heterocycles. The molecule has 0 radical (unpaired) electrons. The minimum absolute atomic E-state index is 0.0252. The lowest BCUT2D eigenvalue weighted by molar-refractivity contribution is -0.238. The molecular weight excluding hydrogens is 326 g/mol. The van der Waals surface area contributed by atoms with Gasteiger partial charge in [-0.25, -0.2) is 0 Å². The molecule has 0 bridgehead atoms. The fourth-order valence-corrected chi connectivity index (χ4v) is 3.81. The van der Waals surface area contributed by atoms with Crippen molar-refractivity contribution in [3.8, 4) is 0 Å². The number of fused-ring (bicyclic) bond motifs is 2. The van der Waals surface area contributed by atoms with E-state index in [2.05, 4.69) is 0 Å². The summed E-state index contributed by atoms with van der Waals surface area (Å²) in [5.74, 6) is -1.45. The highest BCUT2D eigenvalue weighted by atomic mass is 16.8. The summed E-state index contributed by atoms with van der Waals surface area (Å²) >= 11 is 0. The predicted molar refractivity (Wildman–Crippen MR) is 85.7 cm³/mol. The molecule has 1 N–H and O–H groups in total. The summed E-state index contributed by atoms with van der Waals surface area (Å²) in [5, 5.41) is 10.2. The Morgan fingerprint density at radius 1 is 1.04 bits per heavy atom. The van der Waals surface area contributed by atoms with E-state index in [9.17, 15) is 14.7 Å². The highest BCUT2D eigenvalue weighted by Gasteiger charge is 2.57. The number of aliphatic hydroxyl groups is 1. The Labute approximate surface area is 145 Å². The standard InChI is InChI=1S/C18H21NO6/c1-3-18(4-2)24-13-12(23-17(22)14(13)25-18)9-19-15(20)10-7-5-6-8-11(10)16(19)21/h5-8,12-14,17,22H,3-4,9H2,1-2H3/t12-,13-,14-,17-/m1/s1. The highest BCUT2D eigenvalue weighted by molar-refractivity contribution is 6.21. The van der Waals surface area contributed by atoms with Crippen LogP contribution in [0.2, 0.25) is 0 Å². The summed E-state index contributed by atoms with van der Waals surface area (Å²) in [6.07, 6.45) is -1.60. The van der Waals surface area contributed by atoms with Gasteiger partial charge in [0.1, 0.15) is 18.3 Å². The molecule has 25 heavy (non-hydrogen) atoms. The maximum absolute atomic E-state index is 12.5. The van der Waals surface area contributed by atoms with Crippen molar-refractivity contribution in [3.05, 3.63) is 35.4 Å². The number of imide groups is 1. The second-order valence-electron chi connectivity index (χ2n) is 6.61. The topological polar surface area (TPSA) is 85.3 Å². The molecule has 1 aromatic carbocycles. The number of carbonyl (C=O) groups excluding carboxylic acids is 2. The van der Waals surface area contributed by atoms with Gasteiger partial charge in [0, 0.05) is 0 Å². The normalized spacial score (nSPS) is 33.0. The van der Waals surface area contributed by atoms with Crippen LogP contribution in [0.5, 0.6) is 0 Å². The third-order valence-electron chi connectivity index (χ3n) is 5.31. The van der Waals surface area contributed by atoms with E-state index < -0.39 is 30.4 Å². The zero-order valence-corrected chi connectivity index (χ0v) is 14.2. The molecule has 1 aromatic rings. The van der Waals surface area contributed by atoms with Crippen LogP contribution in [-0.4, -0.2) is 58.8 Å². The van der Waals surface area contributed by atoms with Gasteiger partial charge in [0.05, 0.1) is 17.7 Å². The Bertz CT molecular complexity index is 680. The van der Waals surface area contributed by atoms with Crippen LogP contribution >= 0.6 is 0 Å². The molecule has 2 fully saturated rings. The van der Waals surface area contributed by atoms with Crippen LogP contribution in [0.25, 0.3) is 0 Å². The molecule has 7 nitrogen and oxygen atoms in total. The van der Waals surface area contributed by atoms with E-state index >= 15 is 0 Å². The number of amides is 2. The number of nitrogens with zero attached hydrogens (tertiary/aromatic N) is 1. The number of hydrogen-bond donors (Lipinski definition) is 1. The number of aliphatic hydroxyl groups excluding tert-OH is 1. The van der Waals surface area contributed by atoms with Crippen molar-refractivity contribution in [1.82, 2.24) is 4.90 Å². The molecule has 3 aliphatic heterocycles. The smallest absolute Gasteiger partial charge is 0.261 e. The van der Waals surface area contributed by atoms with Gasteiger partial charge in [0.15, 0.2) is 12.1 Å². The summed E-state index contributed by atoms with van der Waals surface area (Å²) in [6, 6.07) is 6.72. The number of hydrogen-bond acceptors (Lipinski definition) is 6. The summed E-state index contributed by atoms with van der Waals surface area (Å²) in [6.45, 7) is 3.94. The van der Waals surface area contributed by atoms with Gasteiger partial charge in [0.2, 0.25) is 0 Å². The SMILES string of the molecule is CCC1(CC)O[C@@H]2[C@H](O1)[C@@H](CN1C(=O)c3ccccc3C1=O)O[C@H]2O. The molecule has 0 aromatic heterocycles. The molecular formula is C18H21NO6. The van der Waals surface area contributed by atoms with Gasteiger partial charge in [0.25, 0.3) is 11.8 Å². The van der Waals surface area contributed by atoms with Crippen molar-refractivity contribution >= 4 is 11.8 Å². The van der Waals surface area contributed by atoms with Crippen LogP contribution in [-0.2, 0) is 14.2 Å². The quantitative estimate of drug-likeness (QED) is 0.827. The second-order valence-corrected chi connectivity index (χ2v) is 6.61. The first kappa shape index (κ1) is 16.7. The van der Waals surface area contributed by atoms with Gasteiger partial charge >= 0.3 is 0 Å². The van der Waals surface area contributed by atoms with E-state index in [0.717, 1.165) is 4.90 Å². The zero-order valence-electron chi connectivity index (χ0n) is 14.2. The molecule has 3 aliphatic rings. The van der Waals surface area contributed by atoms with Gasteiger partial charge in [-0.2, -0.15) is 0 Å². The van der Waals surface area contributed by atoms with Gasteiger partial charge in [-0.1, -0.05) is 26.0 Å². The van der Waals surface area contributed by atoms with Crippen LogP contribution < -0.4 is 0 Å². The zero-order chi connectivity index (χ0) is 17.8. The number of rotatable bonds is 4. The first-order valence-electron chi connectivity index (χ1n) is 8.64. The Kier molecular flexibility index (Phi) is 3.92. The van der Waals surface area contributed by atoms with Gasteiger partial charge in [-0.3, -0.25) is 14.5 Å². The molecule has 4 rings (SSSR count). The average Bonchev–Trinajstić information content (AvgIpc) is 3.23. The molecule has 4 atom stereocenters. The van der Waals surface area contributed by atoms with Gasteiger partial charge in [-0.05, 0) is 25.0 Å². The monoisotopic (exact) mass is 347 g/mol. The third kappa shape index (κ3) is 2.42. The first-order chi connectivity index (χ1) is 12.0. The van der Waals surface area contributed by atoms with Crippen LogP contribution in [0.4, 0.5) is 0 Å². The molecule has 0 saturated carbocycles. The molecule has 2 saturated heterocycles. The summed E-state index contributed by atoms with van der Waals surface area (Å²) in [7, 11) is 0. The van der Waals surface area contributed by atoms with Crippen molar-refractivity contribution in [2.24, 2.45) is 0 Å². The highest BCUT2D eigenvalue weighted by Crippen LogP contribution is 2.42. The average molecular weight is 347 g/mol. The Hall–Kier alpha value is -1.80. The van der Waals surface area contributed by atoms with Crippen LogP contribution in [0.3, 0.4) is 0 Å². The molecule has 0 unspecified atom stereocenters. The van der Waals surface area contributed by atoms with Crippen molar-refractivity contribution in [1.29, 1.82) is 0 Å². The Balaban J connectivity index is 1.54. The van der Waals surface area contributed by atoms with Gasteiger partial charge < -0.3 is 19.3 Å². The van der Waals surface area contributed by atoms with Crippen molar-refractivity contribution in [3.63, 3.8) is 0 Å². The molecule has 7 heteroatoms. The Morgan fingerprint density at radius 3 is 2.16 bits per heavy atom. The van der Waals surface area contributed by atoms with E-state index in [0.29, 0.717) is 24.0 Å². The van der Waals surface area contributed by atoms with Crippen LogP contribution in [0.15, 0.2) is 24.3 Å². The predicted octanol–water partition coefficient (Wildman–Crippen LogP) is 1.30. The fourth-order valence-electron chi connectivity index (χ4n) is 3.81. The second kappa shape index (κ2) is 5.88. The molecule has 0 spiro atoms. The lowest BCUT2D eigenvalue weighted by Gasteiger charge is -2.29. The van der Waals surface area contributed by atoms with E-state index in [4.69, 9.17) is 14.2 Å². The number of benzene rings is 1. The van der Waals surface area contributed by atoms with E-state index in [1.165, 1.54) is 0 Å². The lowest BCUT2D eigenvalue weighted by atomic mass is 10.1. The fraction of sp³-hybridized carbons (Fsp3) is 0.556. The number of carbonyl (C=O) groups is 2.